The zero-order chi connectivity index (χ0) is 10.8. The highest BCUT2D eigenvalue weighted by molar-refractivity contribution is 5.96. The summed E-state index contributed by atoms with van der Waals surface area (Å²) in [6.07, 6.45) is 0.541. The van der Waals surface area contributed by atoms with Crippen molar-refractivity contribution in [2.24, 2.45) is 12.8 Å². The number of tetrazole rings is 1. The van der Waals surface area contributed by atoms with Crippen molar-refractivity contribution in [1.29, 1.82) is 0 Å². The molecule has 1 amide bonds. The van der Waals surface area contributed by atoms with Crippen LogP contribution < -0.4 is 11.1 Å². The molecule has 78 valence electrons. The standard InChI is InChI=1S/C7H14N6O/c1-4-7(2,8)5(14)9-6-10-12-13(3)11-6/h4,8H2,1-3H3,(H,9,11,14). The lowest BCUT2D eigenvalue weighted by atomic mass is 10.00. The Morgan fingerprint density at radius 3 is 2.79 bits per heavy atom. The van der Waals surface area contributed by atoms with Crippen LogP contribution in [0.3, 0.4) is 0 Å². The van der Waals surface area contributed by atoms with Crippen molar-refractivity contribution in [2.75, 3.05) is 5.32 Å². The molecule has 1 rings (SSSR count). The van der Waals surface area contributed by atoms with Crippen molar-refractivity contribution in [3.05, 3.63) is 0 Å². The highest BCUT2D eigenvalue weighted by Crippen LogP contribution is 2.07. The Morgan fingerprint density at radius 2 is 2.36 bits per heavy atom. The second kappa shape index (κ2) is 3.70. The number of nitrogens with one attached hydrogen (secondary N) is 1. The Labute approximate surface area is 81.7 Å². The van der Waals surface area contributed by atoms with Gasteiger partial charge in [-0.2, -0.15) is 4.80 Å². The Morgan fingerprint density at radius 1 is 1.71 bits per heavy atom. The maximum Gasteiger partial charge on any atom is 0.270 e. The maximum absolute atomic E-state index is 11.5. The van der Waals surface area contributed by atoms with Gasteiger partial charge in [0, 0.05) is 0 Å². The van der Waals surface area contributed by atoms with Crippen molar-refractivity contribution in [1.82, 2.24) is 20.2 Å². The molecule has 3 N–H and O–H groups in total. The topological polar surface area (TPSA) is 98.7 Å². The van der Waals surface area contributed by atoms with Crippen molar-refractivity contribution in [3.8, 4) is 0 Å². The quantitative estimate of drug-likeness (QED) is 0.667. The number of hydrogen-bond donors (Lipinski definition) is 2. The first kappa shape index (κ1) is 10.6. The maximum atomic E-state index is 11.5. The number of amides is 1. The van der Waals surface area contributed by atoms with Gasteiger partial charge >= 0.3 is 0 Å². The molecule has 0 aliphatic rings. The molecule has 1 aromatic rings. The molecule has 0 saturated heterocycles. The van der Waals surface area contributed by atoms with Crippen LogP contribution in [0.1, 0.15) is 20.3 Å². The molecule has 7 heteroatoms. The molecule has 1 unspecified atom stereocenters. The van der Waals surface area contributed by atoms with Crippen molar-refractivity contribution < 1.29 is 4.79 Å². The summed E-state index contributed by atoms with van der Waals surface area (Å²) in [5, 5.41) is 13.5. The summed E-state index contributed by atoms with van der Waals surface area (Å²) < 4.78 is 0. The fraction of sp³-hybridized carbons (Fsp3) is 0.714. The molecule has 1 aromatic heterocycles. The van der Waals surface area contributed by atoms with E-state index >= 15 is 0 Å². The molecule has 0 spiro atoms. The van der Waals surface area contributed by atoms with E-state index in [0.717, 1.165) is 0 Å². The normalized spacial score (nSPS) is 14.9. The first-order valence-electron chi connectivity index (χ1n) is 4.30. The van der Waals surface area contributed by atoms with Crippen LogP contribution in [-0.4, -0.2) is 31.7 Å². The Bertz CT molecular complexity index is 331. The zero-order valence-corrected chi connectivity index (χ0v) is 8.48. The smallest absolute Gasteiger partial charge is 0.270 e. The number of nitrogens with zero attached hydrogens (tertiary/aromatic N) is 4. The van der Waals surface area contributed by atoms with Gasteiger partial charge in [-0.3, -0.25) is 10.1 Å². The van der Waals surface area contributed by atoms with Gasteiger partial charge < -0.3 is 5.73 Å². The Hall–Kier alpha value is -1.50. The van der Waals surface area contributed by atoms with Gasteiger partial charge in [-0.1, -0.05) is 12.0 Å². The molecule has 0 fully saturated rings. The number of aromatic nitrogens is 4. The largest absolute Gasteiger partial charge is 0.318 e. The highest BCUT2D eigenvalue weighted by atomic mass is 16.2. The average Bonchev–Trinajstić information content (AvgIpc) is 2.51. The van der Waals surface area contributed by atoms with E-state index in [1.54, 1.807) is 14.0 Å². The Balaban J connectivity index is 2.66. The lowest BCUT2D eigenvalue weighted by Crippen LogP contribution is -2.48. The van der Waals surface area contributed by atoms with Crippen LogP contribution in [0.15, 0.2) is 0 Å². The molecule has 0 radical (unpaired) electrons. The van der Waals surface area contributed by atoms with Gasteiger partial charge in [0.1, 0.15) is 0 Å². The number of anilines is 1. The molecule has 0 aliphatic heterocycles. The molecule has 0 aromatic carbocycles. The van der Waals surface area contributed by atoms with Gasteiger partial charge in [0.25, 0.3) is 5.95 Å². The number of rotatable bonds is 3. The second-order valence-electron chi connectivity index (χ2n) is 3.33. The summed E-state index contributed by atoms with van der Waals surface area (Å²) in [4.78, 5) is 12.8. The summed E-state index contributed by atoms with van der Waals surface area (Å²) in [5.74, 6) is -0.143. The minimum absolute atomic E-state index is 0.169. The van der Waals surface area contributed by atoms with Gasteiger partial charge in [-0.15, -0.1) is 5.10 Å². The monoisotopic (exact) mass is 198 g/mol. The van der Waals surface area contributed by atoms with E-state index in [1.807, 2.05) is 6.92 Å². The lowest BCUT2D eigenvalue weighted by molar-refractivity contribution is -0.120. The predicted molar refractivity (Wildman–Crippen MR) is 50.3 cm³/mol. The number of carbonyl (C=O) groups excluding carboxylic acids is 1. The fourth-order valence-electron chi connectivity index (χ4n) is 0.739. The fourth-order valence-corrected chi connectivity index (χ4v) is 0.739. The second-order valence-corrected chi connectivity index (χ2v) is 3.33. The van der Waals surface area contributed by atoms with Gasteiger partial charge in [0.2, 0.25) is 5.91 Å². The number of hydrogen-bond acceptors (Lipinski definition) is 5. The molecule has 0 saturated carbocycles. The van der Waals surface area contributed by atoms with Gasteiger partial charge in [-0.25, -0.2) is 0 Å². The van der Waals surface area contributed by atoms with Crippen LogP contribution >= 0.6 is 0 Å². The third-order valence-electron chi connectivity index (χ3n) is 1.99. The molecule has 0 bridgehead atoms. The summed E-state index contributed by atoms with van der Waals surface area (Å²) in [5.41, 5.74) is 4.82. The predicted octanol–water partition coefficient (Wildman–Crippen LogP) is -0.724. The minimum Gasteiger partial charge on any atom is -0.318 e. The summed E-state index contributed by atoms with van der Waals surface area (Å²) in [6, 6.07) is 0. The molecule has 7 nitrogen and oxygen atoms in total. The zero-order valence-electron chi connectivity index (χ0n) is 8.48. The van der Waals surface area contributed by atoms with Gasteiger partial charge in [0.15, 0.2) is 0 Å². The van der Waals surface area contributed by atoms with E-state index < -0.39 is 5.54 Å². The third-order valence-corrected chi connectivity index (χ3v) is 1.99. The van der Waals surface area contributed by atoms with E-state index in [0.29, 0.717) is 6.42 Å². The SMILES string of the molecule is CCC(C)(N)C(=O)Nc1nnn(C)n1. The van der Waals surface area contributed by atoms with Crippen LogP contribution in [0.25, 0.3) is 0 Å². The van der Waals surface area contributed by atoms with E-state index in [2.05, 4.69) is 20.7 Å². The number of carbonyl (C=O) groups is 1. The van der Waals surface area contributed by atoms with Gasteiger partial charge in [-0.05, 0) is 18.6 Å². The van der Waals surface area contributed by atoms with E-state index in [1.165, 1.54) is 4.80 Å². The van der Waals surface area contributed by atoms with Crippen LogP contribution in [0.5, 0.6) is 0 Å². The van der Waals surface area contributed by atoms with Crippen molar-refractivity contribution >= 4 is 11.9 Å². The molecule has 1 atom stereocenters. The average molecular weight is 198 g/mol. The van der Waals surface area contributed by atoms with Crippen molar-refractivity contribution in [2.45, 2.75) is 25.8 Å². The summed E-state index contributed by atoms with van der Waals surface area (Å²) in [6.45, 7) is 3.49. The lowest BCUT2D eigenvalue weighted by Gasteiger charge is -2.19. The van der Waals surface area contributed by atoms with E-state index in [4.69, 9.17) is 5.73 Å². The Kier molecular flexibility index (Phi) is 2.80. The first-order valence-corrected chi connectivity index (χ1v) is 4.30. The van der Waals surface area contributed by atoms with E-state index in [9.17, 15) is 4.79 Å². The minimum atomic E-state index is -0.904. The van der Waals surface area contributed by atoms with Crippen LogP contribution in [-0.2, 0) is 11.8 Å². The van der Waals surface area contributed by atoms with Crippen LogP contribution in [0.2, 0.25) is 0 Å². The number of nitrogens with two attached hydrogens (primary N) is 1. The van der Waals surface area contributed by atoms with Crippen molar-refractivity contribution in [3.63, 3.8) is 0 Å². The molecule has 14 heavy (non-hydrogen) atoms. The first-order chi connectivity index (χ1) is 6.45. The molecule has 1 heterocycles. The van der Waals surface area contributed by atoms with Crippen LogP contribution in [0.4, 0.5) is 5.95 Å². The molecular formula is C7H14N6O. The molecular weight excluding hydrogens is 184 g/mol. The number of aryl methyl sites for hydroxylation is 1. The van der Waals surface area contributed by atoms with Crippen LogP contribution in [0, 0.1) is 0 Å². The third kappa shape index (κ3) is 2.25. The van der Waals surface area contributed by atoms with E-state index in [-0.39, 0.29) is 11.9 Å². The highest BCUT2D eigenvalue weighted by Gasteiger charge is 2.26. The van der Waals surface area contributed by atoms with Gasteiger partial charge in [0.05, 0.1) is 12.6 Å². The summed E-state index contributed by atoms with van der Waals surface area (Å²) >= 11 is 0. The summed E-state index contributed by atoms with van der Waals surface area (Å²) in [7, 11) is 1.62. The molecule has 0 aliphatic carbocycles.